The fourth-order valence-electron chi connectivity index (χ4n) is 4.12. The smallest absolute Gasteiger partial charge is 0.267 e. The van der Waals surface area contributed by atoms with E-state index in [1.54, 1.807) is 6.92 Å². The van der Waals surface area contributed by atoms with Crippen molar-refractivity contribution in [1.82, 2.24) is 30.6 Å². The molecule has 3 heterocycles. The highest BCUT2D eigenvalue weighted by molar-refractivity contribution is 5.94. The summed E-state index contributed by atoms with van der Waals surface area (Å²) in [5, 5.41) is 26.0. The predicted octanol–water partition coefficient (Wildman–Crippen LogP) is 0.523. The largest absolute Gasteiger partial charge is 0.379 e. The lowest BCUT2D eigenvalue weighted by atomic mass is 9.76. The molecular weight excluding hydrogens is 336 g/mol. The van der Waals surface area contributed by atoms with Crippen molar-refractivity contribution in [1.29, 1.82) is 0 Å². The number of hydrogen-bond acceptors (Lipinski definition) is 8. The Kier molecular flexibility index (Phi) is 3.05. The van der Waals surface area contributed by atoms with E-state index >= 15 is 0 Å². The summed E-state index contributed by atoms with van der Waals surface area (Å²) in [6.45, 7) is 3.66. The molecule has 1 spiro atoms. The van der Waals surface area contributed by atoms with Crippen LogP contribution in [0.3, 0.4) is 0 Å². The third-order valence-electron chi connectivity index (χ3n) is 5.70. The number of anilines is 1. The van der Waals surface area contributed by atoms with E-state index < -0.39 is 5.60 Å². The molecule has 2 saturated carbocycles. The van der Waals surface area contributed by atoms with Crippen molar-refractivity contribution in [2.45, 2.75) is 57.2 Å². The molecule has 2 unspecified atom stereocenters. The second kappa shape index (κ2) is 5.12. The lowest BCUT2D eigenvalue weighted by Gasteiger charge is -2.38. The van der Waals surface area contributed by atoms with E-state index in [1.165, 1.54) is 4.63 Å². The molecule has 0 radical (unpaired) electrons. The Morgan fingerprint density at radius 2 is 2.19 bits per heavy atom. The number of carbonyl (C=O) groups excluding carboxylic acids is 1. The van der Waals surface area contributed by atoms with Gasteiger partial charge in [-0.3, -0.25) is 4.79 Å². The maximum absolute atomic E-state index is 12.5. The number of tetrazole rings is 1. The van der Waals surface area contributed by atoms with Crippen LogP contribution >= 0.6 is 0 Å². The number of carbonyl (C=O) groups is 1. The zero-order valence-corrected chi connectivity index (χ0v) is 14.6. The van der Waals surface area contributed by atoms with Gasteiger partial charge in [-0.05, 0) is 61.1 Å². The number of hydrogen-bond donors (Lipinski definition) is 2. The van der Waals surface area contributed by atoms with Gasteiger partial charge in [0.05, 0.1) is 5.71 Å². The number of rotatable bonds is 4. The van der Waals surface area contributed by atoms with Crippen molar-refractivity contribution in [2.75, 3.05) is 5.32 Å². The van der Waals surface area contributed by atoms with Crippen LogP contribution in [0.1, 0.15) is 39.5 Å². The normalized spacial score (nSPS) is 34.9. The van der Waals surface area contributed by atoms with Gasteiger partial charge in [0.2, 0.25) is 5.60 Å². The SMILES string of the molecule is CC1=NOC(C)(C(=O)NC2CC3(C2)CC3Nc2ccc3nnnn3n2)C1. The molecule has 1 aliphatic heterocycles. The summed E-state index contributed by atoms with van der Waals surface area (Å²) in [5.41, 5.74) is 0.874. The third kappa shape index (κ3) is 2.39. The Morgan fingerprint density at radius 3 is 2.96 bits per heavy atom. The molecule has 0 aromatic carbocycles. The summed E-state index contributed by atoms with van der Waals surface area (Å²) in [4.78, 5) is 17.8. The minimum absolute atomic E-state index is 0.0751. The minimum atomic E-state index is -0.862. The first-order chi connectivity index (χ1) is 12.5. The van der Waals surface area contributed by atoms with Crippen LogP contribution in [-0.2, 0) is 9.63 Å². The van der Waals surface area contributed by atoms with E-state index in [2.05, 4.69) is 36.4 Å². The van der Waals surface area contributed by atoms with Crippen molar-refractivity contribution in [3.63, 3.8) is 0 Å². The molecule has 2 aromatic rings. The molecule has 136 valence electrons. The van der Waals surface area contributed by atoms with Crippen molar-refractivity contribution in [3.8, 4) is 0 Å². The highest BCUT2D eigenvalue weighted by Gasteiger charge is 2.62. The number of aromatic nitrogens is 5. The van der Waals surface area contributed by atoms with Crippen molar-refractivity contribution in [3.05, 3.63) is 12.1 Å². The fraction of sp³-hybridized carbons (Fsp3) is 0.625. The molecule has 26 heavy (non-hydrogen) atoms. The molecule has 1 amide bonds. The van der Waals surface area contributed by atoms with Gasteiger partial charge in [0.1, 0.15) is 5.82 Å². The molecule has 2 aliphatic carbocycles. The van der Waals surface area contributed by atoms with Gasteiger partial charge in [0.15, 0.2) is 5.65 Å². The quantitative estimate of drug-likeness (QED) is 0.820. The Bertz CT molecular complexity index is 918. The van der Waals surface area contributed by atoms with Crippen LogP contribution in [0.4, 0.5) is 5.82 Å². The standard InChI is InChI=1S/C16H20N8O2/c1-9-5-15(2,26-21-9)14(25)17-10-6-16(7-10)8-11(16)18-12-3-4-13-19-22-23-24(13)20-12/h3-4,10-11H,5-8H2,1-2H3,(H,17,25)(H,18,20). The molecule has 2 N–H and O–H groups in total. The molecule has 5 rings (SSSR count). The number of oxime groups is 1. The summed E-state index contributed by atoms with van der Waals surface area (Å²) in [6, 6.07) is 4.29. The van der Waals surface area contributed by atoms with Crippen LogP contribution in [0.2, 0.25) is 0 Å². The summed E-state index contributed by atoms with van der Waals surface area (Å²) >= 11 is 0. The van der Waals surface area contributed by atoms with Gasteiger partial charge >= 0.3 is 0 Å². The number of fused-ring (bicyclic) bond motifs is 1. The molecule has 3 aliphatic rings. The Balaban J connectivity index is 1.14. The maximum atomic E-state index is 12.5. The second-order valence-corrected chi connectivity index (χ2v) is 7.91. The van der Waals surface area contributed by atoms with Gasteiger partial charge in [0.25, 0.3) is 5.91 Å². The summed E-state index contributed by atoms with van der Waals surface area (Å²) < 4.78 is 1.41. The predicted molar refractivity (Wildman–Crippen MR) is 91.4 cm³/mol. The Hall–Kier alpha value is -2.78. The first-order valence-electron chi connectivity index (χ1n) is 8.80. The first-order valence-corrected chi connectivity index (χ1v) is 8.80. The monoisotopic (exact) mass is 356 g/mol. The van der Waals surface area contributed by atoms with E-state index in [-0.39, 0.29) is 17.4 Å². The highest BCUT2D eigenvalue weighted by atomic mass is 16.7. The molecule has 2 aromatic heterocycles. The average Bonchev–Trinajstić information content (AvgIpc) is 2.90. The highest BCUT2D eigenvalue weighted by Crippen LogP contribution is 2.61. The Labute approximate surface area is 149 Å². The van der Waals surface area contributed by atoms with Gasteiger partial charge in [-0.1, -0.05) is 5.16 Å². The molecule has 10 heteroatoms. The van der Waals surface area contributed by atoms with Crippen molar-refractivity contribution in [2.24, 2.45) is 10.6 Å². The first kappa shape index (κ1) is 15.5. The zero-order chi connectivity index (χ0) is 17.9. The van der Waals surface area contributed by atoms with Crippen LogP contribution < -0.4 is 10.6 Å². The molecule has 2 fully saturated rings. The molecule has 2 atom stereocenters. The van der Waals surface area contributed by atoms with Gasteiger partial charge in [0, 0.05) is 18.5 Å². The van der Waals surface area contributed by atoms with Crippen LogP contribution in [0.25, 0.3) is 5.65 Å². The van der Waals surface area contributed by atoms with E-state index in [1.807, 2.05) is 19.1 Å². The summed E-state index contributed by atoms with van der Waals surface area (Å²) in [5.74, 6) is 0.688. The summed E-state index contributed by atoms with van der Waals surface area (Å²) in [7, 11) is 0. The second-order valence-electron chi connectivity index (χ2n) is 7.91. The van der Waals surface area contributed by atoms with Crippen LogP contribution in [0.15, 0.2) is 17.3 Å². The summed E-state index contributed by atoms with van der Waals surface area (Å²) in [6.07, 6.45) is 3.58. The molecule has 0 bridgehead atoms. The van der Waals surface area contributed by atoms with Crippen LogP contribution in [-0.4, -0.2) is 54.6 Å². The Morgan fingerprint density at radius 1 is 1.35 bits per heavy atom. The third-order valence-corrected chi connectivity index (χ3v) is 5.70. The van der Waals surface area contributed by atoms with E-state index in [0.29, 0.717) is 18.1 Å². The fourth-order valence-corrected chi connectivity index (χ4v) is 4.12. The van der Waals surface area contributed by atoms with E-state index in [0.717, 1.165) is 30.8 Å². The lowest BCUT2D eigenvalue weighted by Crippen LogP contribution is -2.53. The lowest BCUT2D eigenvalue weighted by molar-refractivity contribution is -0.143. The number of nitrogens with one attached hydrogen (secondary N) is 2. The van der Waals surface area contributed by atoms with Crippen LogP contribution in [0, 0.1) is 5.41 Å². The average molecular weight is 356 g/mol. The van der Waals surface area contributed by atoms with E-state index in [4.69, 9.17) is 4.84 Å². The van der Waals surface area contributed by atoms with Gasteiger partial charge in [-0.25, -0.2) is 0 Å². The van der Waals surface area contributed by atoms with Crippen molar-refractivity contribution >= 4 is 23.1 Å². The molecular formula is C16H20N8O2. The maximum Gasteiger partial charge on any atom is 0.267 e. The van der Waals surface area contributed by atoms with Gasteiger partial charge in [-0.15, -0.1) is 14.8 Å². The number of amides is 1. The molecule has 10 nitrogen and oxygen atoms in total. The van der Waals surface area contributed by atoms with E-state index in [9.17, 15) is 4.79 Å². The van der Waals surface area contributed by atoms with Crippen molar-refractivity contribution < 1.29 is 9.63 Å². The van der Waals surface area contributed by atoms with Crippen LogP contribution in [0.5, 0.6) is 0 Å². The van der Waals surface area contributed by atoms with Gasteiger partial charge in [-0.2, -0.15) is 0 Å². The minimum Gasteiger partial charge on any atom is -0.379 e. The molecule has 0 saturated heterocycles. The van der Waals surface area contributed by atoms with Gasteiger partial charge < -0.3 is 15.5 Å². The zero-order valence-electron chi connectivity index (χ0n) is 14.6. The number of nitrogens with zero attached hydrogens (tertiary/aromatic N) is 6. The topological polar surface area (TPSA) is 119 Å².